The molecule has 5 fully saturated rings. The molecule has 0 amide bonds. The molecule has 3 unspecified atom stereocenters. The highest BCUT2D eigenvalue weighted by Gasteiger charge is 2.93. The quantitative estimate of drug-likeness (QED) is 0.500. The zero-order valence-corrected chi connectivity index (χ0v) is 14.5. The predicted octanol–water partition coefficient (Wildman–Crippen LogP) is 2.45. The molecule has 23 heavy (non-hydrogen) atoms. The van der Waals surface area contributed by atoms with Crippen molar-refractivity contribution in [2.75, 3.05) is 0 Å². The van der Waals surface area contributed by atoms with Crippen LogP contribution in [0, 0.1) is 34.0 Å². The number of ether oxygens (including phenoxy) is 3. The number of carbonyl (C=O) groups excluding carboxylic acids is 2. The van der Waals surface area contributed by atoms with Crippen molar-refractivity contribution in [1.29, 1.82) is 0 Å². The Morgan fingerprint density at radius 3 is 2.52 bits per heavy atom. The molecule has 5 rings (SSSR count). The van der Waals surface area contributed by atoms with Gasteiger partial charge in [0.15, 0.2) is 0 Å². The maximum atomic E-state index is 12.8. The lowest BCUT2D eigenvalue weighted by Crippen LogP contribution is -2.71. The molecule has 3 heterocycles. The fourth-order valence-electron chi connectivity index (χ4n) is 6.73. The van der Waals surface area contributed by atoms with Crippen LogP contribution in [0.25, 0.3) is 0 Å². The summed E-state index contributed by atoms with van der Waals surface area (Å²) in [4.78, 5) is 25.4. The maximum Gasteiger partial charge on any atom is 0.313 e. The highest BCUT2D eigenvalue weighted by molar-refractivity contribution is 6.22. The molecule has 126 valence electrons. The first-order valence-electron chi connectivity index (χ1n) is 8.40. The molecule has 8 atom stereocenters. The summed E-state index contributed by atoms with van der Waals surface area (Å²) in [6, 6.07) is 0. The van der Waals surface area contributed by atoms with Gasteiger partial charge in [0.05, 0.1) is 22.7 Å². The zero-order valence-electron chi connectivity index (χ0n) is 13.7. The van der Waals surface area contributed by atoms with E-state index in [-0.39, 0.29) is 23.3 Å². The Bertz CT molecular complexity index is 661. The monoisotopic (exact) mass is 340 g/mol. The Balaban J connectivity index is 1.86. The Morgan fingerprint density at radius 1 is 1.13 bits per heavy atom. The van der Waals surface area contributed by atoms with Crippen molar-refractivity contribution in [3.63, 3.8) is 0 Å². The fraction of sp³-hybridized carbons (Fsp3) is 0.882. The van der Waals surface area contributed by atoms with Crippen molar-refractivity contribution in [3.05, 3.63) is 0 Å². The standard InChI is InChI=1S/C17H21ClO5/c1-7-5-6-16-9-8-11(19)21-13(15(8,4)14(16,2)3)23-17(16,10(7)18)22-12(9)20/h7-10,13H,5-6H2,1-4H3/t7-,8?,9?,10+,13?,15-,16-,17+/m1/s1. The van der Waals surface area contributed by atoms with E-state index in [1.54, 1.807) is 0 Å². The molecule has 3 aliphatic heterocycles. The molecule has 3 saturated heterocycles. The highest BCUT2D eigenvalue weighted by atomic mass is 35.5. The number of fused-ring (bicyclic) bond motifs is 1. The SMILES string of the molecule is C[C@@H]1CC[C@]23C4C(=O)O[C@]2(OC2OC(=O)C4[C@@]2(C)C3(C)C)[C@H]1Cl. The lowest BCUT2D eigenvalue weighted by atomic mass is 9.48. The molecule has 0 aromatic rings. The molecular formula is C17H21ClO5. The summed E-state index contributed by atoms with van der Waals surface area (Å²) < 4.78 is 17.7. The third-order valence-electron chi connectivity index (χ3n) is 8.21. The second-order valence-corrected chi connectivity index (χ2v) is 9.20. The summed E-state index contributed by atoms with van der Waals surface area (Å²) in [5.74, 6) is -2.71. The number of hydrogen-bond acceptors (Lipinski definition) is 5. The third kappa shape index (κ3) is 1.05. The molecule has 2 saturated carbocycles. The number of esters is 2. The number of hydrogen-bond donors (Lipinski definition) is 0. The van der Waals surface area contributed by atoms with E-state index < -0.39 is 40.1 Å². The maximum absolute atomic E-state index is 12.8. The average molecular weight is 341 g/mol. The van der Waals surface area contributed by atoms with Crippen LogP contribution in [0.1, 0.15) is 40.5 Å². The van der Waals surface area contributed by atoms with Crippen molar-refractivity contribution >= 4 is 23.5 Å². The largest absolute Gasteiger partial charge is 0.435 e. The molecule has 0 N–H and O–H groups in total. The lowest BCUT2D eigenvalue weighted by Gasteiger charge is -2.63. The van der Waals surface area contributed by atoms with E-state index >= 15 is 0 Å². The topological polar surface area (TPSA) is 61.8 Å². The van der Waals surface area contributed by atoms with Gasteiger partial charge in [-0.15, -0.1) is 11.6 Å². The predicted molar refractivity (Wildman–Crippen MR) is 79.1 cm³/mol. The van der Waals surface area contributed by atoms with Gasteiger partial charge in [-0.05, 0) is 24.2 Å². The van der Waals surface area contributed by atoms with Gasteiger partial charge in [0.1, 0.15) is 5.38 Å². The minimum Gasteiger partial charge on any atom is -0.435 e. The van der Waals surface area contributed by atoms with Crippen LogP contribution in [0.15, 0.2) is 0 Å². The van der Waals surface area contributed by atoms with Gasteiger partial charge in [0.25, 0.3) is 0 Å². The first-order chi connectivity index (χ1) is 10.6. The second-order valence-electron chi connectivity index (χ2n) is 8.73. The Labute approximate surface area is 140 Å². The average Bonchev–Trinajstić information content (AvgIpc) is 2.91. The first kappa shape index (κ1) is 14.5. The Morgan fingerprint density at radius 2 is 1.83 bits per heavy atom. The van der Waals surface area contributed by atoms with Crippen molar-refractivity contribution in [3.8, 4) is 0 Å². The molecule has 2 aliphatic carbocycles. The van der Waals surface area contributed by atoms with Gasteiger partial charge in [-0.1, -0.05) is 27.7 Å². The molecule has 2 bridgehead atoms. The summed E-state index contributed by atoms with van der Waals surface area (Å²) in [5.41, 5.74) is -1.45. The molecule has 5 aliphatic rings. The molecule has 0 aromatic heterocycles. The summed E-state index contributed by atoms with van der Waals surface area (Å²) >= 11 is 6.78. The van der Waals surface area contributed by atoms with Gasteiger partial charge in [-0.3, -0.25) is 14.3 Å². The van der Waals surface area contributed by atoms with E-state index in [0.29, 0.717) is 0 Å². The number of carbonyl (C=O) groups is 2. The van der Waals surface area contributed by atoms with E-state index in [1.807, 2.05) is 6.92 Å². The number of rotatable bonds is 0. The van der Waals surface area contributed by atoms with Crippen molar-refractivity contribution < 1.29 is 23.8 Å². The van der Waals surface area contributed by atoms with Crippen LogP contribution in [0.4, 0.5) is 0 Å². The molecule has 0 radical (unpaired) electrons. The zero-order chi connectivity index (χ0) is 16.6. The van der Waals surface area contributed by atoms with E-state index in [9.17, 15) is 9.59 Å². The van der Waals surface area contributed by atoms with Gasteiger partial charge < -0.3 is 9.47 Å². The van der Waals surface area contributed by atoms with Crippen LogP contribution >= 0.6 is 11.6 Å². The Kier molecular flexibility index (Phi) is 2.25. The second kappa shape index (κ2) is 3.57. The van der Waals surface area contributed by atoms with Gasteiger partial charge in [-0.25, -0.2) is 0 Å². The number of alkyl halides is 1. The summed E-state index contributed by atoms with van der Waals surface area (Å²) in [6.45, 7) is 8.35. The third-order valence-corrected chi connectivity index (χ3v) is 8.92. The number of halogens is 1. The van der Waals surface area contributed by atoms with Gasteiger partial charge >= 0.3 is 11.9 Å². The Hall–Kier alpha value is -0.810. The molecule has 0 aromatic carbocycles. The van der Waals surface area contributed by atoms with Crippen LogP contribution in [0.3, 0.4) is 0 Å². The molecule has 6 heteroatoms. The highest BCUT2D eigenvalue weighted by Crippen LogP contribution is 2.84. The van der Waals surface area contributed by atoms with Gasteiger partial charge in [0, 0.05) is 0 Å². The van der Waals surface area contributed by atoms with E-state index in [4.69, 9.17) is 25.8 Å². The van der Waals surface area contributed by atoms with Crippen LogP contribution in [0.2, 0.25) is 0 Å². The smallest absolute Gasteiger partial charge is 0.313 e. The van der Waals surface area contributed by atoms with E-state index in [1.165, 1.54) is 0 Å². The van der Waals surface area contributed by atoms with Crippen molar-refractivity contribution in [2.24, 2.45) is 34.0 Å². The van der Waals surface area contributed by atoms with Crippen LogP contribution in [-0.4, -0.2) is 29.4 Å². The molecule has 5 nitrogen and oxygen atoms in total. The first-order valence-corrected chi connectivity index (χ1v) is 8.84. The van der Waals surface area contributed by atoms with Gasteiger partial charge in [-0.2, -0.15) is 0 Å². The molecular weight excluding hydrogens is 320 g/mol. The van der Waals surface area contributed by atoms with Crippen molar-refractivity contribution in [1.82, 2.24) is 0 Å². The van der Waals surface area contributed by atoms with Crippen LogP contribution in [0.5, 0.6) is 0 Å². The lowest BCUT2D eigenvalue weighted by molar-refractivity contribution is -0.398. The van der Waals surface area contributed by atoms with Crippen LogP contribution in [-0.2, 0) is 23.8 Å². The van der Waals surface area contributed by atoms with Crippen LogP contribution < -0.4 is 0 Å². The van der Waals surface area contributed by atoms with E-state index in [2.05, 4.69) is 20.8 Å². The normalized spacial score (nSPS) is 61.2. The molecule has 1 spiro atoms. The van der Waals surface area contributed by atoms with Gasteiger partial charge in [0.2, 0.25) is 12.1 Å². The van der Waals surface area contributed by atoms with Crippen molar-refractivity contribution in [2.45, 2.75) is 58.0 Å². The minimum absolute atomic E-state index is 0.170. The summed E-state index contributed by atoms with van der Waals surface area (Å²) in [5, 5.41) is -0.438. The minimum atomic E-state index is -1.18. The summed E-state index contributed by atoms with van der Waals surface area (Å²) in [6.07, 6.45) is 0.985. The summed E-state index contributed by atoms with van der Waals surface area (Å²) in [7, 11) is 0. The fourth-order valence-corrected chi connectivity index (χ4v) is 7.14. The van der Waals surface area contributed by atoms with E-state index in [0.717, 1.165) is 12.8 Å².